The highest BCUT2D eigenvalue weighted by molar-refractivity contribution is 5.76. The molecule has 11 heteroatoms. The van der Waals surface area contributed by atoms with Crippen LogP contribution in [-0.2, 0) is 23.8 Å². The van der Waals surface area contributed by atoms with Crippen LogP contribution >= 0.6 is 0 Å². The molecule has 0 spiro atoms. The van der Waals surface area contributed by atoms with Gasteiger partial charge in [0, 0.05) is 39.0 Å². The van der Waals surface area contributed by atoms with Crippen LogP contribution in [0.3, 0.4) is 0 Å². The number of ether oxygens (including phenoxy) is 3. The third-order valence-corrected chi connectivity index (χ3v) is 6.21. The number of esters is 1. The van der Waals surface area contributed by atoms with E-state index in [1.807, 2.05) is 0 Å². The Labute approximate surface area is 191 Å². The van der Waals surface area contributed by atoms with Crippen LogP contribution in [0.25, 0.3) is 0 Å². The maximum Gasteiger partial charge on any atom is 0.422 e. The summed E-state index contributed by atoms with van der Waals surface area (Å²) in [6.45, 7) is 4.28. The number of amides is 1. The van der Waals surface area contributed by atoms with E-state index < -0.39 is 48.1 Å². The standard InChI is InChI=1S/C22H32F3NO7/c1-3-21(11-5-4-6-12-21)33-19(30)26-13-9-16(10-14-26)32-17(27)8-7-15-31-20(2,18(28)29)22(23,24)25/h3,16H,1,4-15H2,2H3,(H,28,29)/p-1. The van der Waals surface area contributed by atoms with Crippen molar-refractivity contribution in [2.24, 2.45) is 0 Å². The Morgan fingerprint density at radius 3 is 2.27 bits per heavy atom. The Morgan fingerprint density at radius 1 is 1.15 bits per heavy atom. The summed E-state index contributed by atoms with van der Waals surface area (Å²) in [5.74, 6) is -3.03. The molecule has 0 N–H and O–H groups in total. The van der Waals surface area contributed by atoms with E-state index in [9.17, 15) is 32.7 Å². The van der Waals surface area contributed by atoms with Gasteiger partial charge in [0.25, 0.3) is 0 Å². The van der Waals surface area contributed by atoms with Crippen molar-refractivity contribution in [3.8, 4) is 0 Å². The van der Waals surface area contributed by atoms with Crippen LogP contribution in [0, 0.1) is 0 Å². The quantitative estimate of drug-likeness (QED) is 0.285. The van der Waals surface area contributed by atoms with Crippen molar-refractivity contribution < 1.29 is 46.9 Å². The van der Waals surface area contributed by atoms with Crippen LogP contribution in [0.2, 0.25) is 0 Å². The molecule has 33 heavy (non-hydrogen) atoms. The second-order valence-electron chi connectivity index (χ2n) is 8.64. The van der Waals surface area contributed by atoms with Crippen LogP contribution in [0.15, 0.2) is 12.7 Å². The molecule has 1 amide bonds. The van der Waals surface area contributed by atoms with Gasteiger partial charge in [-0.3, -0.25) is 4.79 Å². The van der Waals surface area contributed by atoms with Crippen LogP contribution in [0.5, 0.6) is 0 Å². The largest absolute Gasteiger partial charge is 0.547 e. The summed E-state index contributed by atoms with van der Waals surface area (Å²) in [7, 11) is 0. The van der Waals surface area contributed by atoms with Crippen molar-refractivity contribution in [2.75, 3.05) is 19.7 Å². The Balaban J connectivity index is 1.70. The summed E-state index contributed by atoms with van der Waals surface area (Å²) < 4.78 is 54.0. The second-order valence-corrected chi connectivity index (χ2v) is 8.64. The molecule has 0 aromatic carbocycles. The molecule has 1 aliphatic carbocycles. The number of carbonyl (C=O) groups is 3. The zero-order valence-electron chi connectivity index (χ0n) is 18.8. The van der Waals surface area contributed by atoms with Gasteiger partial charge in [0.05, 0.1) is 5.97 Å². The maximum absolute atomic E-state index is 12.8. The number of hydrogen-bond donors (Lipinski definition) is 0. The van der Waals surface area contributed by atoms with Crippen LogP contribution in [0.1, 0.15) is 64.7 Å². The van der Waals surface area contributed by atoms with Crippen molar-refractivity contribution in [3.05, 3.63) is 12.7 Å². The lowest BCUT2D eigenvalue weighted by molar-refractivity contribution is -0.357. The zero-order chi connectivity index (χ0) is 24.7. The minimum atomic E-state index is -5.15. The average Bonchev–Trinajstić information content (AvgIpc) is 2.76. The van der Waals surface area contributed by atoms with Gasteiger partial charge >= 0.3 is 18.2 Å². The molecular weight excluding hydrogens is 447 g/mol. The van der Waals surface area contributed by atoms with E-state index in [0.717, 1.165) is 32.1 Å². The zero-order valence-corrected chi connectivity index (χ0v) is 18.8. The van der Waals surface area contributed by atoms with Gasteiger partial charge in [0.15, 0.2) is 5.60 Å². The summed E-state index contributed by atoms with van der Waals surface area (Å²) in [6, 6.07) is 0. The molecule has 1 aliphatic heterocycles. The minimum absolute atomic E-state index is 0.146. The fourth-order valence-corrected chi connectivity index (χ4v) is 3.89. The number of piperidine rings is 1. The topological polar surface area (TPSA) is 105 Å². The smallest absolute Gasteiger partial charge is 0.422 e. The van der Waals surface area contributed by atoms with Crippen molar-refractivity contribution in [1.29, 1.82) is 0 Å². The van der Waals surface area contributed by atoms with E-state index in [0.29, 0.717) is 32.9 Å². The van der Waals surface area contributed by atoms with Crippen molar-refractivity contribution in [1.82, 2.24) is 4.90 Å². The third-order valence-electron chi connectivity index (χ3n) is 6.21. The van der Waals surface area contributed by atoms with Gasteiger partial charge in [-0.1, -0.05) is 13.0 Å². The lowest BCUT2D eigenvalue weighted by Gasteiger charge is -2.37. The van der Waals surface area contributed by atoms with E-state index in [1.165, 1.54) is 0 Å². The molecule has 0 radical (unpaired) electrons. The van der Waals surface area contributed by atoms with Crippen LogP contribution in [0.4, 0.5) is 18.0 Å². The highest BCUT2D eigenvalue weighted by Gasteiger charge is 2.53. The molecule has 8 nitrogen and oxygen atoms in total. The summed E-state index contributed by atoms with van der Waals surface area (Å²) >= 11 is 0. The first-order chi connectivity index (χ1) is 15.4. The first-order valence-electron chi connectivity index (χ1n) is 11.2. The number of halogens is 3. The van der Waals surface area contributed by atoms with E-state index in [1.54, 1.807) is 11.0 Å². The summed E-state index contributed by atoms with van der Waals surface area (Å²) in [5, 5.41) is 10.8. The maximum atomic E-state index is 12.8. The Morgan fingerprint density at radius 2 is 1.76 bits per heavy atom. The number of alkyl halides is 3. The van der Waals surface area contributed by atoms with Gasteiger partial charge in [-0.15, -0.1) is 0 Å². The Bertz CT molecular complexity index is 713. The summed E-state index contributed by atoms with van der Waals surface area (Å²) in [5.41, 5.74) is -4.07. The van der Waals surface area contributed by atoms with Crippen molar-refractivity contribution in [3.63, 3.8) is 0 Å². The summed E-state index contributed by atoms with van der Waals surface area (Å²) in [6.07, 6.45) is 0.729. The lowest BCUT2D eigenvalue weighted by atomic mass is 9.85. The molecule has 0 aromatic rings. The molecule has 2 rings (SSSR count). The minimum Gasteiger partial charge on any atom is -0.547 e. The molecule has 1 atom stereocenters. The van der Waals surface area contributed by atoms with E-state index in [4.69, 9.17) is 9.47 Å². The molecule has 1 heterocycles. The number of carbonyl (C=O) groups excluding carboxylic acids is 3. The SMILES string of the molecule is C=CC1(OC(=O)N2CCC(OC(=O)CCCOC(C)(C(=O)[O-])C(F)(F)F)CC2)CCCCC1. The highest BCUT2D eigenvalue weighted by atomic mass is 19.4. The van der Waals surface area contributed by atoms with Gasteiger partial charge in [-0.05, 0) is 45.1 Å². The first-order valence-corrected chi connectivity index (χ1v) is 11.2. The molecule has 1 saturated carbocycles. The molecule has 1 unspecified atom stereocenters. The van der Waals surface area contributed by atoms with Crippen LogP contribution in [-0.4, -0.2) is 66.1 Å². The fourth-order valence-electron chi connectivity index (χ4n) is 3.89. The number of aliphatic carboxylic acids is 1. The average molecular weight is 478 g/mol. The number of likely N-dealkylation sites (tertiary alicyclic amines) is 1. The molecule has 1 saturated heterocycles. The van der Waals surface area contributed by atoms with Gasteiger partial charge in [0.1, 0.15) is 11.7 Å². The second kappa shape index (κ2) is 11.2. The van der Waals surface area contributed by atoms with E-state index in [2.05, 4.69) is 11.3 Å². The van der Waals surface area contributed by atoms with Gasteiger partial charge < -0.3 is 29.0 Å². The van der Waals surface area contributed by atoms with Crippen molar-refractivity contribution in [2.45, 2.75) is 88.2 Å². The first kappa shape index (κ1) is 26.9. The fraction of sp³-hybridized carbons (Fsp3) is 0.773. The van der Waals surface area contributed by atoms with Gasteiger partial charge in [-0.25, -0.2) is 4.79 Å². The molecule has 2 aliphatic rings. The molecule has 0 aromatic heterocycles. The number of hydrogen-bond acceptors (Lipinski definition) is 7. The molecule has 0 bridgehead atoms. The predicted octanol–water partition coefficient (Wildman–Crippen LogP) is 2.89. The number of rotatable bonds is 9. The van der Waals surface area contributed by atoms with E-state index in [-0.39, 0.29) is 12.8 Å². The predicted molar refractivity (Wildman–Crippen MR) is 108 cm³/mol. The third kappa shape index (κ3) is 7.09. The lowest BCUT2D eigenvalue weighted by Crippen LogP contribution is -2.58. The van der Waals surface area contributed by atoms with Crippen LogP contribution < -0.4 is 5.11 Å². The van der Waals surface area contributed by atoms with Gasteiger partial charge in [-0.2, -0.15) is 13.2 Å². The molecular formula is C22H31F3NO7-. The highest BCUT2D eigenvalue weighted by Crippen LogP contribution is 2.34. The Kier molecular flexibility index (Phi) is 9.16. The monoisotopic (exact) mass is 478 g/mol. The van der Waals surface area contributed by atoms with E-state index >= 15 is 0 Å². The Hall–Kier alpha value is -2.30. The number of carboxylic acids is 1. The normalized spacial score (nSPS) is 21.0. The van der Waals surface area contributed by atoms with Gasteiger partial charge in [0.2, 0.25) is 0 Å². The number of nitrogens with zero attached hydrogens (tertiary/aromatic N) is 1. The number of carboxylic acid groups (broad SMARTS) is 1. The molecule has 2 fully saturated rings. The van der Waals surface area contributed by atoms with Crippen molar-refractivity contribution >= 4 is 18.0 Å². The summed E-state index contributed by atoms with van der Waals surface area (Å²) in [4.78, 5) is 36.9. The molecule has 188 valence electrons.